The summed E-state index contributed by atoms with van der Waals surface area (Å²) in [6, 6.07) is 20.0. The highest BCUT2D eigenvalue weighted by atomic mass is 32.2. The molecule has 0 radical (unpaired) electrons. The molecule has 8 heteroatoms. The molecule has 0 spiro atoms. The molecule has 1 aromatic heterocycles. The van der Waals surface area contributed by atoms with Crippen molar-refractivity contribution in [1.29, 1.82) is 0 Å². The Morgan fingerprint density at radius 3 is 2.47 bits per heavy atom. The molecule has 1 atom stereocenters. The van der Waals surface area contributed by atoms with Crippen molar-refractivity contribution in [3.8, 4) is 11.3 Å². The van der Waals surface area contributed by atoms with E-state index in [4.69, 9.17) is 5.10 Å². The van der Waals surface area contributed by atoms with E-state index in [1.807, 2.05) is 59.4 Å². The van der Waals surface area contributed by atoms with E-state index in [1.54, 1.807) is 0 Å². The lowest BCUT2D eigenvalue weighted by Crippen LogP contribution is -2.44. The average Bonchev–Trinajstić information content (AvgIpc) is 3.21. The van der Waals surface area contributed by atoms with Crippen LogP contribution in [0.3, 0.4) is 0 Å². The molecule has 168 valence electrons. The number of carbonyl (C=O) groups is 1. The van der Waals surface area contributed by atoms with Crippen molar-refractivity contribution in [2.45, 2.75) is 25.9 Å². The summed E-state index contributed by atoms with van der Waals surface area (Å²) in [7, 11) is -3.29. The first-order chi connectivity index (χ1) is 15.4. The van der Waals surface area contributed by atoms with Gasteiger partial charge in [-0.1, -0.05) is 60.7 Å². The fraction of sp³-hybridized carbons (Fsp3) is 0.333. The number of hydrogen-bond donors (Lipinski definition) is 1. The highest BCUT2D eigenvalue weighted by Crippen LogP contribution is 2.23. The second-order valence-electron chi connectivity index (χ2n) is 8.23. The smallest absolute Gasteiger partial charge is 0.224 e. The highest BCUT2D eigenvalue weighted by molar-refractivity contribution is 7.88. The van der Waals surface area contributed by atoms with Gasteiger partial charge in [-0.3, -0.25) is 9.48 Å². The third-order valence-corrected chi connectivity index (χ3v) is 7.02. The van der Waals surface area contributed by atoms with Crippen LogP contribution >= 0.6 is 0 Å². The number of carbonyl (C=O) groups excluding carboxylic acids is 1. The molecule has 1 aliphatic heterocycles. The number of amides is 1. The Balaban J connectivity index is 1.50. The van der Waals surface area contributed by atoms with E-state index in [1.165, 1.54) is 10.6 Å². The summed E-state index contributed by atoms with van der Waals surface area (Å²) in [5.74, 6) is -0.453. The van der Waals surface area contributed by atoms with E-state index < -0.39 is 10.0 Å². The normalized spacial score (nSPS) is 17.2. The van der Waals surface area contributed by atoms with E-state index >= 15 is 0 Å². The van der Waals surface area contributed by atoms with Crippen LogP contribution in [0.2, 0.25) is 0 Å². The van der Waals surface area contributed by atoms with E-state index in [0.717, 1.165) is 22.4 Å². The fourth-order valence-electron chi connectivity index (χ4n) is 4.07. The van der Waals surface area contributed by atoms with Gasteiger partial charge >= 0.3 is 0 Å². The second kappa shape index (κ2) is 9.67. The van der Waals surface area contributed by atoms with Crippen LogP contribution in [-0.2, 0) is 27.9 Å². The van der Waals surface area contributed by atoms with Crippen LogP contribution < -0.4 is 5.32 Å². The number of aromatic nitrogens is 2. The Morgan fingerprint density at radius 1 is 1.09 bits per heavy atom. The van der Waals surface area contributed by atoms with Crippen LogP contribution in [0.5, 0.6) is 0 Å². The minimum Gasteiger partial charge on any atom is -0.352 e. The van der Waals surface area contributed by atoms with Gasteiger partial charge in [0.15, 0.2) is 0 Å². The van der Waals surface area contributed by atoms with Crippen molar-refractivity contribution in [2.24, 2.45) is 5.92 Å². The van der Waals surface area contributed by atoms with Gasteiger partial charge in [0.1, 0.15) is 0 Å². The molecule has 2 heterocycles. The van der Waals surface area contributed by atoms with E-state index in [-0.39, 0.29) is 18.4 Å². The quantitative estimate of drug-likeness (QED) is 0.597. The first-order valence-corrected chi connectivity index (χ1v) is 12.6. The zero-order valence-electron chi connectivity index (χ0n) is 18.1. The first kappa shape index (κ1) is 22.2. The minimum atomic E-state index is -3.29. The standard InChI is InChI=1S/C24H28N4O3S/c1-32(30,31)28-14-8-13-21(18-28)24(29)25-15-22-17-27(16-19-9-4-2-5-10-19)26-23(22)20-11-6-3-7-12-20/h2-7,9-12,17,21H,8,13-16,18H2,1H3,(H,25,29). The van der Waals surface area contributed by atoms with Crippen molar-refractivity contribution < 1.29 is 13.2 Å². The summed E-state index contributed by atoms with van der Waals surface area (Å²) in [6.45, 7) is 1.70. The van der Waals surface area contributed by atoms with Crippen molar-refractivity contribution in [2.75, 3.05) is 19.3 Å². The molecule has 1 saturated heterocycles. The largest absolute Gasteiger partial charge is 0.352 e. The second-order valence-corrected chi connectivity index (χ2v) is 10.2. The van der Waals surface area contributed by atoms with Crippen LogP contribution in [0, 0.1) is 5.92 Å². The van der Waals surface area contributed by atoms with Crippen molar-refractivity contribution in [3.05, 3.63) is 78.0 Å². The van der Waals surface area contributed by atoms with Gasteiger partial charge < -0.3 is 5.32 Å². The zero-order valence-corrected chi connectivity index (χ0v) is 19.0. The predicted octanol–water partition coefficient (Wildman–Crippen LogP) is 2.89. The Kier molecular flexibility index (Phi) is 6.72. The molecule has 2 aromatic carbocycles. The maximum atomic E-state index is 12.8. The Morgan fingerprint density at radius 2 is 1.78 bits per heavy atom. The SMILES string of the molecule is CS(=O)(=O)N1CCCC(C(=O)NCc2cn(Cc3ccccc3)nc2-c2ccccc2)C1. The lowest BCUT2D eigenvalue weighted by molar-refractivity contribution is -0.126. The molecule has 1 aliphatic rings. The van der Waals surface area contributed by atoms with Crippen LogP contribution in [0.4, 0.5) is 0 Å². The highest BCUT2D eigenvalue weighted by Gasteiger charge is 2.30. The summed E-state index contributed by atoms with van der Waals surface area (Å²) in [5.41, 5.74) is 3.90. The van der Waals surface area contributed by atoms with Gasteiger partial charge in [-0.2, -0.15) is 5.10 Å². The lowest BCUT2D eigenvalue weighted by Gasteiger charge is -2.30. The number of sulfonamides is 1. The number of nitrogens with one attached hydrogen (secondary N) is 1. The van der Waals surface area contributed by atoms with Crippen molar-refractivity contribution in [3.63, 3.8) is 0 Å². The molecule has 0 saturated carbocycles. The molecule has 32 heavy (non-hydrogen) atoms. The molecule has 1 fully saturated rings. The average molecular weight is 453 g/mol. The predicted molar refractivity (Wildman–Crippen MR) is 124 cm³/mol. The third-order valence-electron chi connectivity index (χ3n) is 5.75. The van der Waals surface area contributed by atoms with E-state index in [0.29, 0.717) is 32.5 Å². The van der Waals surface area contributed by atoms with Gasteiger partial charge in [-0.05, 0) is 18.4 Å². The van der Waals surface area contributed by atoms with Crippen molar-refractivity contribution >= 4 is 15.9 Å². The van der Waals surface area contributed by atoms with E-state index in [9.17, 15) is 13.2 Å². The number of nitrogens with zero attached hydrogens (tertiary/aromatic N) is 3. The fourth-order valence-corrected chi connectivity index (χ4v) is 4.98. The van der Waals surface area contributed by atoms with Crippen LogP contribution in [0.25, 0.3) is 11.3 Å². The molecule has 0 bridgehead atoms. The molecular formula is C24H28N4O3S. The van der Waals surface area contributed by atoms with Crippen LogP contribution in [0.1, 0.15) is 24.0 Å². The van der Waals surface area contributed by atoms with Gasteiger partial charge in [-0.15, -0.1) is 0 Å². The number of rotatable bonds is 7. The monoisotopic (exact) mass is 452 g/mol. The third kappa shape index (κ3) is 5.44. The molecule has 1 unspecified atom stereocenters. The van der Waals surface area contributed by atoms with Crippen LogP contribution in [-0.4, -0.2) is 47.8 Å². The Hall–Kier alpha value is -2.97. The maximum absolute atomic E-state index is 12.8. The molecular weight excluding hydrogens is 424 g/mol. The Labute approximate surface area is 189 Å². The molecule has 7 nitrogen and oxygen atoms in total. The summed E-state index contributed by atoms with van der Waals surface area (Å²) in [6.07, 6.45) is 4.55. The molecule has 4 rings (SSSR count). The van der Waals surface area contributed by atoms with Gasteiger partial charge in [-0.25, -0.2) is 12.7 Å². The summed E-state index contributed by atoms with van der Waals surface area (Å²) >= 11 is 0. The Bertz CT molecular complexity index is 1160. The molecule has 1 amide bonds. The number of piperidine rings is 1. The van der Waals surface area contributed by atoms with Crippen LogP contribution in [0.15, 0.2) is 66.9 Å². The van der Waals surface area contributed by atoms with Gasteiger partial charge in [0.05, 0.1) is 24.4 Å². The maximum Gasteiger partial charge on any atom is 0.224 e. The van der Waals surface area contributed by atoms with Gasteiger partial charge in [0.2, 0.25) is 15.9 Å². The minimum absolute atomic E-state index is 0.117. The van der Waals surface area contributed by atoms with Crippen molar-refractivity contribution in [1.82, 2.24) is 19.4 Å². The number of benzene rings is 2. The zero-order chi connectivity index (χ0) is 22.6. The molecule has 0 aliphatic carbocycles. The number of hydrogen-bond acceptors (Lipinski definition) is 4. The van der Waals surface area contributed by atoms with Gasteiger partial charge in [0.25, 0.3) is 0 Å². The van der Waals surface area contributed by atoms with E-state index in [2.05, 4.69) is 17.4 Å². The first-order valence-electron chi connectivity index (χ1n) is 10.8. The topological polar surface area (TPSA) is 84.3 Å². The molecule has 3 aromatic rings. The summed E-state index contributed by atoms with van der Waals surface area (Å²) in [5, 5.41) is 7.80. The summed E-state index contributed by atoms with van der Waals surface area (Å²) in [4.78, 5) is 12.8. The summed E-state index contributed by atoms with van der Waals surface area (Å²) < 4.78 is 27.0. The molecule has 1 N–H and O–H groups in total. The van der Waals surface area contributed by atoms with Gasteiger partial charge in [0, 0.05) is 37.0 Å². The lowest BCUT2D eigenvalue weighted by atomic mass is 9.98.